The van der Waals surface area contributed by atoms with Crippen LogP contribution in [0.4, 0.5) is 0 Å². The van der Waals surface area contributed by atoms with Crippen molar-refractivity contribution in [3.63, 3.8) is 0 Å². The largest absolute Gasteiger partial charge is 2.00 e. The van der Waals surface area contributed by atoms with Gasteiger partial charge in [0, 0.05) is 0 Å². The zero-order valence-corrected chi connectivity index (χ0v) is 40.5. The third-order valence-corrected chi connectivity index (χ3v) is 12.9. The van der Waals surface area contributed by atoms with Crippen molar-refractivity contribution in [2.45, 2.75) is 10.8 Å². The molecular weight excluding hydrogens is 905 g/mol. The molecule has 5 heteroatoms. The van der Waals surface area contributed by atoms with Crippen molar-refractivity contribution in [3.8, 4) is 0 Å². The average molecular weight is 955 g/mol. The van der Waals surface area contributed by atoms with Crippen LogP contribution in [0.1, 0.15) is 33.4 Å². The number of hydrogen-bond acceptors (Lipinski definition) is 2. The molecule has 2 N–H and O–H groups in total. The summed E-state index contributed by atoms with van der Waals surface area (Å²) in [4.78, 5) is 24.8. The molecule has 0 fully saturated rings. The van der Waals surface area contributed by atoms with Crippen molar-refractivity contribution in [1.29, 1.82) is 0 Å². The predicted molar refractivity (Wildman–Crippen MR) is 288 cm³/mol. The van der Waals surface area contributed by atoms with Crippen LogP contribution in [-0.2, 0) is 42.1 Å². The topological polar surface area (TPSA) is 74.6 Å². The van der Waals surface area contributed by atoms with Crippen molar-refractivity contribution in [3.05, 3.63) is 325 Å². The molecule has 0 saturated carbocycles. The van der Waals surface area contributed by atoms with Crippen molar-refractivity contribution < 1.29 is 41.5 Å². The van der Waals surface area contributed by atoms with Crippen molar-refractivity contribution in [1.82, 2.24) is 0 Å². The average Bonchev–Trinajstić information content (AvgIpc) is 4.00. The summed E-state index contributed by atoms with van der Waals surface area (Å²) in [6, 6.07) is 94.8. The van der Waals surface area contributed by atoms with Crippen LogP contribution in [0.3, 0.4) is 0 Å². The van der Waals surface area contributed by atoms with Gasteiger partial charge in [0.15, 0.2) is 0 Å². The van der Waals surface area contributed by atoms with Crippen LogP contribution in [0, 0.1) is 0 Å². The Morgan fingerprint density at radius 3 is 0.577 bits per heavy atom. The molecule has 0 saturated heterocycles. The summed E-state index contributed by atoms with van der Waals surface area (Å²) in [6.07, 6.45) is 0. The number of benzene rings is 10. The summed E-state index contributed by atoms with van der Waals surface area (Å²) in [7, 11) is 0. The summed E-state index contributed by atoms with van der Waals surface area (Å²) in [5.41, 5.74) is 2.09. The van der Waals surface area contributed by atoms with Crippen molar-refractivity contribution >= 4 is 55.0 Å². The van der Waals surface area contributed by atoms with E-state index in [4.69, 9.17) is 0 Å². The maximum atomic E-state index is 12.4. The fourth-order valence-corrected chi connectivity index (χ4v) is 9.68. The molecule has 0 bridgehead atoms. The van der Waals surface area contributed by atoms with Crippen LogP contribution < -0.4 is 0 Å². The fourth-order valence-electron chi connectivity index (χ4n) is 9.68. The summed E-state index contributed by atoms with van der Waals surface area (Å²) in [6.45, 7) is 0. The molecule has 0 aliphatic rings. The van der Waals surface area contributed by atoms with Gasteiger partial charge in [-0.1, -0.05) is 255 Å². The molecule has 0 aliphatic heterocycles. The summed E-state index contributed by atoms with van der Waals surface area (Å²) in [5.74, 6) is -1.76. The smallest absolute Gasteiger partial charge is 0.480 e. The van der Waals surface area contributed by atoms with E-state index >= 15 is 0 Å². The first-order valence-corrected chi connectivity index (χ1v) is 23.3. The Balaban J connectivity index is 0.000000130. The number of carboxylic acid groups (broad SMARTS) is 2. The van der Waals surface area contributed by atoms with Gasteiger partial charge >= 0.3 is 33.7 Å². The van der Waals surface area contributed by atoms with E-state index in [1.54, 1.807) is 0 Å². The van der Waals surface area contributed by atoms with E-state index in [1.165, 1.54) is 43.1 Å². The van der Waals surface area contributed by atoms with Crippen molar-refractivity contribution in [2.24, 2.45) is 0 Å². The number of carbonyl (C=O) groups is 2. The van der Waals surface area contributed by atoms with Crippen LogP contribution in [0.5, 0.6) is 0 Å². The minimum Gasteiger partial charge on any atom is -0.480 e. The first-order chi connectivity index (χ1) is 34.4. The SMILES string of the molecule is O=C(O)C(c1ccccc1)(c1ccccc1)c1ccccc1.O=C(O)C(c1ccccc1)(c1ccccc1)c1ccccc1.[Ti+2].c1ccc2c(c1)[cH-]c1ccccc12.c1ccc2c(c1)[cH-]c1ccccc12. The Labute approximate surface area is 429 Å². The van der Waals surface area contributed by atoms with E-state index in [0.717, 1.165) is 33.4 Å². The second-order valence-corrected chi connectivity index (χ2v) is 16.9. The van der Waals surface area contributed by atoms with Gasteiger partial charge in [-0.2, -0.15) is 0 Å². The number of hydrogen-bond donors (Lipinski definition) is 2. The molecule has 0 aromatic heterocycles. The zero-order valence-electron chi connectivity index (χ0n) is 38.9. The van der Waals surface area contributed by atoms with E-state index in [9.17, 15) is 19.8 Å². The van der Waals surface area contributed by atoms with Crippen LogP contribution in [0.25, 0.3) is 43.1 Å². The molecular formula is C66H50O4Ti. The Morgan fingerprint density at radius 2 is 0.408 bits per heavy atom. The van der Waals surface area contributed by atoms with E-state index in [1.807, 2.05) is 182 Å². The van der Waals surface area contributed by atoms with Gasteiger partial charge in [0.25, 0.3) is 0 Å². The molecule has 12 aromatic rings. The third-order valence-electron chi connectivity index (χ3n) is 12.9. The predicted octanol–water partition coefficient (Wildman–Crippen LogP) is 15.6. The molecule has 342 valence electrons. The molecule has 4 nitrogen and oxygen atoms in total. The third kappa shape index (κ3) is 10.0. The maximum Gasteiger partial charge on any atom is 2.00 e. The number of aliphatic carboxylic acids is 2. The fraction of sp³-hybridized carbons (Fsp3) is 0.0303. The molecule has 12 aromatic carbocycles. The molecule has 0 spiro atoms. The first kappa shape index (κ1) is 49.0. The normalized spacial score (nSPS) is 10.9. The molecule has 0 heterocycles. The Bertz CT molecular complexity index is 3050. The van der Waals surface area contributed by atoms with Gasteiger partial charge in [0.1, 0.15) is 10.8 Å². The van der Waals surface area contributed by atoms with Crippen LogP contribution in [0.15, 0.2) is 291 Å². The Kier molecular flexibility index (Phi) is 15.7. The van der Waals surface area contributed by atoms with E-state index in [0.29, 0.717) is 0 Å². The standard InChI is InChI=1S/2C20H16O2.2C13H9.Ti/c2*21-19(22)20(16-10-4-1-5-11-16,17-12-6-2-7-13-17)18-14-8-3-9-15-18;2*1-3-7-12-10(5-1)9-11-6-2-4-8-13(11)12;/h2*1-15H,(H,21,22);2*1-9H;/q;;2*-1;+2. The maximum absolute atomic E-state index is 12.4. The first-order valence-electron chi connectivity index (χ1n) is 23.3. The Hall–Kier alpha value is -8.41. The zero-order chi connectivity index (χ0) is 48.2. The molecule has 0 radical (unpaired) electrons. The van der Waals surface area contributed by atoms with Gasteiger partial charge in [-0.15, -0.1) is 79.5 Å². The summed E-state index contributed by atoms with van der Waals surface area (Å²) in [5, 5.41) is 31.2. The molecule has 0 atom stereocenters. The van der Waals surface area contributed by atoms with Crippen LogP contribution in [-0.4, -0.2) is 22.2 Å². The van der Waals surface area contributed by atoms with E-state index in [2.05, 4.69) is 109 Å². The van der Waals surface area contributed by atoms with Gasteiger partial charge in [-0.05, 0) is 33.4 Å². The van der Waals surface area contributed by atoms with Crippen LogP contribution in [0.2, 0.25) is 0 Å². The molecule has 12 rings (SSSR count). The second-order valence-electron chi connectivity index (χ2n) is 16.9. The van der Waals surface area contributed by atoms with Gasteiger partial charge in [0.2, 0.25) is 0 Å². The van der Waals surface area contributed by atoms with Crippen molar-refractivity contribution in [2.75, 3.05) is 0 Å². The van der Waals surface area contributed by atoms with Gasteiger partial charge in [0.05, 0.1) is 0 Å². The van der Waals surface area contributed by atoms with E-state index < -0.39 is 22.8 Å². The Morgan fingerprint density at radius 1 is 0.254 bits per heavy atom. The number of rotatable bonds is 8. The molecule has 0 aliphatic carbocycles. The van der Waals surface area contributed by atoms with E-state index in [-0.39, 0.29) is 21.7 Å². The summed E-state index contributed by atoms with van der Waals surface area (Å²) < 4.78 is 0. The summed E-state index contributed by atoms with van der Waals surface area (Å²) >= 11 is 0. The monoisotopic (exact) mass is 954 g/mol. The molecule has 0 unspecified atom stereocenters. The number of fused-ring (bicyclic) bond motifs is 6. The van der Waals surface area contributed by atoms with Gasteiger partial charge in [-0.25, -0.2) is 0 Å². The second kappa shape index (κ2) is 22.8. The molecule has 71 heavy (non-hydrogen) atoms. The number of carboxylic acids is 2. The minimum absolute atomic E-state index is 0. The quantitative estimate of drug-likeness (QED) is 0.0904. The van der Waals surface area contributed by atoms with Gasteiger partial charge < -0.3 is 10.2 Å². The molecule has 0 amide bonds. The minimum atomic E-state index is -1.20. The van der Waals surface area contributed by atoms with Crippen LogP contribution >= 0.6 is 0 Å². The van der Waals surface area contributed by atoms with Gasteiger partial charge in [-0.3, -0.25) is 9.59 Å².